The molecule has 0 unspecified atom stereocenters. The van der Waals surface area contributed by atoms with Crippen LogP contribution >= 0.6 is 11.6 Å². The van der Waals surface area contributed by atoms with Gasteiger partial charge in [-0.1, -0.05) is 60.1 Å². The fourth-order valence-corrected chi connectivity index (χ4v) is 1.99. The first-order valence-electron chi connectivity index (χ1n) is 5.15. The van der Waals surface area contributed by atoms with E-state index in [2.05, 4.69) is 0 Å². The lowest BCUT2D eigenvalue weighted by molar-refractivity contribution is 0.136. The fourth-order valence-electron chi connectivity index (χ4n) is 1.76. The second-order valence-electron chi connectivity index (χ2n) is 3.55. The van der Waals surface area contributed by atoms with Crippen LogP contribution in [0.3, 0.4) is 0 Å². The van der Waals surface area contributed by atoms with E-state index in [0.29, 0.717) is 0 Å². The molecule has 82 valence electrons. The highest BCUT2D eigenvalue weighted by molar-refractivity contribution is 6.31. The largest absolute Gasteiger partial charge is 0.372 e. The highest BCUT2D eigenvalue weighted by Gasteiger charge is 2.15. The molecule has 16 heavy (non-hydrogen) atoms. The summed E-state index contributed by atoms with van der Waals surface area (Å²) >= 11 is 6.17. The molecule has 0 saturated heterocycles. The number of benzene rings is 2. The van der Waals surface area contributed by atoms with E-state index in [4.69, 9.17) is 16.3 Å². The van der Waals surface area contributed by atoms with Gasteiger partial charge in [0, 0.05) is 17.7 Å². The molecule has 2 rings (SSSR count). The smallest absolute Gasteiger partial charge is 0.109 e. The minimum absolute atomic E-state index is 0.102. The zero-order valence-electron chi connectivity index (χ0n) is 9.06. The monoisotopic (exact) mass is 232 g/mol. The molecule has 0 aliphatic heterocycles. The predicted octanol–water partition coefficient (Wildman–Crippen LogP) is 4.08. The molecule has 2 aromatic carbocycles. The lowest BCUT2D eigenvalue weighted by Gasteiger charge is -2.17. The van der Waals surface area contributed by atoms with Crippen LogP contribution in [-0.2, 0) is 4.74 Å². The Kier molecular flexibility index (Phi) is 3.60. The van der Waals surface area contributed by atoms with Crippen molar-refractivity contribution in [2.75, 3.05) is 7.11 Å². The molecule has 0 radical (unpaired) electrons. The van der Waals surface area contributed by atoms with Crippen LogP contribution in [0.1, 0.15) is 17.2 Å². The number of rotatable bonds is 3. The van der Waals surface area contributed by atoms with Crippen molar-refractivity contribution < 1.29 is 4.74 Å². The molecular formula is C14H13ClO. The Hall–Kier alpha value is -1.31. The van der Waals surface area contributed by atoms with E-state index < -0.39 is 0 Å². The van der Waals surface area contributed by atoms with Gasteiger partial charge in [0.25, 0.3) is 0 Å². The first-order valence-corrected chi connectivity index (χ1v) is 5.53. The molecule has 0 amide bonds. The average Bonchev–Trinajstić information content (AvgIpc) is 2.34. The Bertz CT molecular complexity index is 453. The highest BCUT2D eigenvalue weighted by Crippen LogP contribution is 2.30. The van der Waals surface area contributed by atoms with Gasteiger partial charge in [-0.3, -0.25) is 0 Å². The first kappa shape index (κ1) is 11.2. The highest BCUT2D eigenvalue weighted by atomic mass is 35.5. The number of hydrogen-bond acceptors (Lipinski definition) is 1. The van der Waals surface area contributed by atoms with E-state index in [1.165, 1.54) is 0 Å². The van der Waals surface area contributed by atoms with Gasteiger partial charge in [0.15, 0.2) is 0 Å². The van der Waals surface area contributed by atoms with Gasteiger partial charge in [0.05, 0.1) is 0 Å². The third-order valence-electron chi connectivity index (χ3n) is 2.53. The van der Waals surface area contributed by atoms with Gasteiger partial charge in [0.2, 0.25) is 0 Å². The lowest BCUT2D eigenvalue weighted by atomic mass is 10.0. The second kappa shape index (κ2) is 5.15. The van der Waals surface area contributed by atoms with E-state index >= 15 is 0 Å². The Balaban J connectivity index is 2.41. The maximum atomic E-state index is 6.17. The minimum Gasteiger partial charge on any atom is -0.372 e. The molecule has 0 spiro atoms. The SMILES string of the molecule is CO[C@@H](c1ccccc1)c1ccccc1Cl. The van der Waals surface area contributed by atoms with Crippen LogP contribution in [0.25, 0.3) is 0 Å². The molecule has 0 fully saturated rings. The average molecular weight is 233 g/mol. The molecule has 2 aromatic rings. The molecule has 0 N–H and O–H groups in total. The lowest BCUT2D eigenvalue weighted by Crippen LogP contribution is -2.03. The summed E-state index contributed by atoms with van der Waals surface area (Å²) in [5.74, 6) is 0. The molecule has 1 atom stereocenters. The van der Waals surface area contributed by atoms with Crippen LogP contribution in [0.5, 0.6) is 0 Å². The minimum atomic E-state index is -0.102. The summed E-state index contributed by atoms with van der Waals surface area (Å²) in [6.07, 6.45) is -0.102. The van der Waals surface area contributed by atoms with E-state index in [0.717, 1.165) is 16.1 Å². The maximum absolute atomic E-state index is 6.17. The molecule has 1 nitrogen and oxygen atoms in total. The number of methoxy groups -OCH3 is 1. The maximum Gasteiger partial charge on any atom is 0.109 e. The van der Waals surface area contributed by atoms with Gasteiger partial charge in [-0.15, -0.1) is 0 Å². The van der Waals surface area contributed by atoms with Gasteiger partial charge >= 0.3 is 0 Å². The van der Waals surface area contributed by atoms with Crippen LogP contribution < -0.4 is 0 Å². The molecule has 0 heterocycles. The summed E-state index contributed by atoms with van der Waals surface area (Å²) in [6, 6.07) is 17.8. The summed E-state index contributed by atoms with van der Waals surface area (Å²) in [4.78, 5) is 0. The third-order valence-corrected chi connectivity index (χ3v) is 2.87. The van der Waals surface area contributed by atoms with Crippen LogP contribution in [0, 0.1) is 0 Å². The van der Waals surface area contributed by atoms with Crippen LogP contribution in [-0.4, -0.2) is 7.11 Å². The van der Waals surface area contributed by atoms with Crippen molar-refractivity contribution in [3.63, 3.8) is 0 Å². The molecule has 0 aromatic heterocycles. The number of hydrogen-bond donors (Lipinski definition) is 0. The molecule has 0 saturated carbocycles. The van der Waals surface area contributed by atoms with E-state index in [9.17, 15) is 0 Å². The quantitative estimate of drug-likeness (QED) is 0.775. The summed E-state index contributed by atoms with van der Waals surface area (Å²) in [6.45, 7) is 0. The van der Waals surface area contributed by atoms with Crippen molar-refractivity contribution >= 4 is 11.6 Å². The van der Waals surface area contributed by atoms with Crippen LogP contribution in [0.15, 0.2) is 54.6 Å². The fraction of sp³-hybridized carbons (Fsp3) is 0.143. The van der Waals surface area contributed by atoms with E-state index in [1.54, 1.807) is 7.11 Å². The van der Waals surface area contributed by atoms with Crippen molar-refractivity contribution in [2.45, 2.75) is 6.10 Å². The van der Waals surface area contributed by atoms with Crippen molar-refractivity contribution in [1.82, 2.24) is 0 Å². The summed E-state index contributed by atoms with van der Waals surface area (Å²) in [7, 11) is 1.70. The molecule has 2 heteroatoms. The first-order chi connectivity index (χ1) is 7.83. The molecule has 0 aliphatic rings. The molecule has 0 aliphatic carbocycles. The predicted molar refractivity (Wildman–Crippen MR) is 66.7 cm³/mol. The van der Waals surface area contributed by atoms with Crippen molar-refractivity contribution in [2.24, 2.45) is 0 Å². The van der Waals surface area contributed by atoms with Gasteiger partial charge in [-0.2, -0.15) is 0 Å². The second-order valence-corrected chi connectivity index (χ2v) is 3.96. The van der Waals surface area contributed by atoms with Crippen LogP contribution in [0.2, 0.25) is 5.02 Å². The molecular weight excluding hydrogens is 220 g/mol. The number of halogens is 1. The van der Waals surface area contributed by atoms with Crippen molar-refractivity contribution in [3.05, 3.63) is 70.7 Å². The Morgan fingerprint density at radius 3 is 2.19 bits per heavy atom. The van der Waals surface area contributed by atoms with Crippen LogP contribution in [0.4, 0.5) is 0 Å². The molecule has 0 bridgehead atoms. The summed E-state index contributed by atoms with van der Waals surface area (Å²) in [5, 5.41) is 0.734. The van der Waals surface area contributed by atoms with Gasteiger partial charge in [-0.05, 0) is 11.6 Å². The standard InChI is InChI=1S/C14H13ClO/c1-16-14(11-7-3-2-4-8-11)12-9-5-6-10-13(12)15/h2-10,14H,1H3/t14-/m0/s1. The zero-order chi connectivity index (χ0) is 11.4. The summed E-state index contributed by atoms with van der Waals surface area (Å²) in [5.41, 5.74) is 2.11. The normalized spacial score (nSPS) is 12.4. The summed E-state index contributed by atoms with van der Waals surface area (Å²) < 4.78 is 5.52. The zero-order valence-corrected chi connectivity index (χ0v) is 9.82. The Labute approximate surface area is 101 Å². The van der Waals surface area contributed by atoms with Gasteiger partial charge in [0.1, 0.15) is 6.10 Å². The Morgan fingerprint density at radius 2 is 1.56 bits per heavy atom. The van der Waals surface area contributed by atoms with Gasteiger partial charge in [-0.25, -0.2) is 0 Å². The van der Waals surface area contributed by atoms with E-state index in [1.807, 2.05) is 54.6 Å². The van der Waals surface area contributed by atoms with Gasteiger partial charge < -0.3 is 4.74 Å². The number of ether oxygens (including phenoxy) is 1. The van der Waals surface area contributed by atoms with E-state index in [-0.39, 0.29) is 6.10 Å². The van der Waals surface area contributed by atoms with Crippen molar-refractivity contribution in [3.8, 4) is 0 Å². The topological polar surface area (TPSA) is 9.23 Å². The Morgan fingerprint density at radius 1 is 0.938 bits per heavy atom. The third kappa shape index (κ3) is 2.26. The van der Waals surface area contributed by atoms with Crippen molar-refractivity contribution in [1.29, 1.82) is 0 Å².